The van der Waals surface area contributed by atoms with E-state index in [1.165, 1.54) is 5.56 Å². The van der Waals surface area contributed by atoms with Crippen molar-refractivity contribution < 1.29 is 4.79 Å². The normalized spacial score (nSPS) is 18.5. The molecule has 0 aliphatic carbocycles. The summed E-state index contributed by atoms with van der Waals surface area (Å²) >= 11 is 0. The van der Waals surface area contributed by atoms with E-state index in [0.717, 1.165) is 31.6 Å². The minimum absolute atomic E-state index is 0. The molecule has 0 radical (unpaired) electrons. The quantitative estimate of drug-likeness (QED) is 0.869. The lowest BCUT2D eigenvalue weighted by Gasteiger charge is -2.12. The van der Waals surface area contributed by atoms with Gasteiger partial charge in [0.2, 0.25) is 5.91 Å². The minimum Gasteiger partial charge on any atom is -0.326 e. The average Bonchev–Trinajstić information content (AvgIpc) is 2.83. The van der Waals surface area contributed by atoms with E-state index in [4.69, 9.17) is 0 Å². The van der Waals surface area contributed by atoms with Gasteiger partial charge >= 0.3 is 0 Å². The maximum atomic E-state index is 11.9. The molecule has 4 heteroatoms. The monoisotopic (exact) mass is 254 g/mol. The van der Waals surface area contributed by atoms with Crippen LogP contribution in [-0.2, 0) is 11.2 Å². The number of nitrogens with one attached hydrogen (secondary N) is 2. The summed E-state index contributed by atoms with van der Waals surface area (Å²) in [4.78, 5) is 11.9. The standard InChI is InChI=1S/C13H18N2O.ClH/c1-2-10-5-3-4-6-12(10)15-13(16)11-7-8-14-9-11;/h3-6,11,14H,2,7-9H2,1H3,(H,15,16);1H. The summed E-state index contributed by atoms with van der Waals surface area (Å²) in [5, 5.41) is 6.23. The minimum atomic E-state index is 0. The molecule has 1 amide bonds. The number of amides is 1. The topological polar surface area (TPSA) is 41.1 Å². The van der Waals surface area contributed by atoms with E-state index < -0.39 is 0 Å². The van der Waals surface area contributed by atoms with Crippen molar-refractivity contribution in [2.75, 3.05) is 18.4 Å². The maximum absolute atomic E-state index is 11.9. The molecule has 0 spiro atoms. The summed E-state index contributed by atoms with van der Waals surface area (Å²) in [5.74, 6) is 0.274. The van der Waals surface area contributed by atoms with Crippen LogP contribution in [-0.4, -0.2) is 19.0 Å². The highest BCUT2D eigenvalue weighted by Crippen LogP contribution is 2.18. The van der Waals surface area contributed by atoms with E-state index in [-0.39, 0.29) is 24.2 Å². The van der Waals surface area contributed by atoms with Crippen LogP contribution in [0.5, 0.6) is 0 Å². The average molecular weight is 255 g/mol. The number of aryl methyl sites for hydroxylation is 1. The Morgan fingerprint density at radius 1 is 1.47 bits per heavy atom. The molecule has 0 bridgehead atoms. The molecule has 1 fully saturated rings. The van der Waals surface area contributed by atoms with E-state index >= 15 is 0 Å². The Kier molecular flexibility index (Phi) is 5.45. The first-order valence-electron chi connectivity index (χ1n) is 5.90. The molecule has 1 aromatic rings. The molecule has 1 saturated heterocycles. The second-order valence-electron chi connectivity index (χ2n) is 4.19. The molecule has 1 atom stereocenters. The first kappa shape index (κ1) is 14.0. The van der Waals surface area contributed by atoms with Gasteiger partial charge in [0.25, 0.3) is 0 Å². The third-order valence-electron chi connectivity index (χ3n) is 3.09. The van der Waals surface area contributed by atoms with Gasteiger partial charge in [0.05, 0.1) is 5.92 Å². The number of carbonyl (C=O) groups is 1. The van der Waals surface area contributed by atoms with Crippen LogP contribution in [0.25, 0.3) is 0 Å². The zero-order valence-corrected chi connectivity index (χ0v) is 10.8. The lowest BCUT2D eigenvalue weighted by molar-refractivity contribution is -0.119. The number of para-hydroxylation sites is 1. The molecular weight excluding hydrogens is 236 g/mol. The molecule has 1 aliphatic rings. The molecule has 0 saturated carbocycles. The maximum Gasteiger partial charge on any atom is 0.228 e. The van der Waals surface area contributed by atoms with Crippen LogP contribution in [0.15, 0.2) is 24.3 Å². The lowest BCUT2D eigenvalue weighted by atomic mass is 10.1. The summed E-state index contributed by atoms with van der Waals surface area (Å²) in [6.07, 6.45) is 1.89. The summed E-state index contributed by atoms with van der Waals surface area (Å²) in [6, 6.07) is 7.99. The number of hydrogen-bond donors (Lipinski definition) is 2. The van der Waals surface area contributed by atoms with Crippen LogP contribution in [0.1, 0.15) is 18.9 Å². The van der Waals surface area contributed by atoms with E-state index in [0.29, 0.717) is 0 Å². The molecule has 1 aliphatic heterocycles. The lowest BCUT2D eigenvalue weighted by Crippen LogP contribution is -2.25. The van der Waals surface area contributed by atoms with Gasteiger partial charge in [-0.05, 0) is 31.0 Å². The molecule has 1 heterocycles. The summed E-state index contributed by atoms with van der Waals surface area (Å²) in [7, 11) is 0. The van der Waals surface area contributed by atoms with E-state index in [1.54, 1.807) is 0 Å². The first-order valence-corrected chi connectivity index (χ1v) is 5.90. The first-order chi connectivity index (χ1) is 7.81. The van der Waals surface area contributed by atoms with Gasteiger partial charge in [-0.1, -0.05) is 25.1 Å². The van der Waals surface area contributed by atoms with Crippen LogP contribution < -0.4 is 10.6 Å². The number of hydrogen-bond acceptors (Lipinski definition) is 2. The van der Waals surface area contributed by atoms with Crippen molar-refractivity contribution in [3.05, 3.63) is 29.8 Å². The predicted octanol–water partition coefficient (Wildman–Crippen LogP) is 2.22. The van der Waals surface area contributed by atoms with Gasteiger partial charge in [0.1, 0.15) is 0 Å². The molecule has 0 aromatic heterocycles. The van der Waals surface area contributed by atoms with Crippen molar-refractivity contribution in [1.82, 2.24) is 5.32 Å². The van der Waals surface area contributed by atoms with E-state index in [9.17, 15) is 4.79 Å². The van der Waals surface area contributed by atoms with Gasteiger partial charge in [-0.25, -0.2) is 0 Å². The van der Waals surface area contributed by atoms with Gasteiger partial charge in [0.15, 0.2) is 0 Å². The van der Waals surface area contributed by atoms with Crippen molar-refractivity contribution in [1.29, 1.82) is 0 Å². The highest BCUT2D eigenvalue weighted by molar-refractivity contribution is 5.93. The largest absolute Gasteiger partial charge is 0.326 e. The van der Waals surface area contributed by atoms with Crippen molar-refractivity contribution in [3.8, 4) is 0 Å². The van der Waals surface area contributed by atoms with Crippen LogP contribution in [0.4, 0.5) is 5.69 Å². The highest BCUT2D eigenvalue weighted by Gasteiger charge is 2.22. The Labute approximate surface area is 108 Å². The number of benzene rings is 1. The molecule has 1 unspecified atom stereocenters. The molecule has 2 rings (SSSR count). The van der Waals surface area contributed by atoms with Crippen LogP contribution in [0, 0.1) is 5.92 Å². The van der Waals surface area contributed by atoms with Crippen molar-refractivity contribution >= 4 is 24.0 Å². The number of rotatable bonds is 3. The predicted molar refractivity (Wildman–Crippen MR) is 72.7 cm³/mol. The molecular formula is C13H19ClN2O. The number of anilines is 1. The Hall–Kier alpha value is -1.06. The van der Waals surface area contributed by atoms with Crippen molar-refractivity contribution in [2.45, 2.75) is 19.8 Å². The Morgan fingerprint density at radius 2 is 2.24 bits per heavy atom. The third kappa shape index (κ3) is 3.45. The Bertz CT molecular complexity index is 375. The number of halogens is 1. The second-order valence-corrected chi connectivity index (χ2v) is 4.19. The molecule has 1 aromatic carbocycles. The Morgan fingerprint density at radius 3 is 2.88 bits per heavy atom. The third-order valence-corrected chi connectivity index (χ3v) is 3.09. The zero-order valence-electron chi connectivity index (χ0n) is 10.0. The fraction of sp³-hybridized carbons (Fsp3) is 0.462. The van der Waals surface area contributed by atoms with Crippen molar-refractivity contribution in [2.24, 2.45) is 5.92 Å². The van der Waals surface area contributed by atoms with E-state index in [2.05, 4.69) is 23.6 Å². The summed E-state index contributed by atoms with van der Waals surface area (Å²) < 4.78 is 0. The van der Waals surface area contributed by atoms with Gasteiger partial charge in [-0.2, -0.15) is 0 Å². The number of carbonyl (C=O) groups excluding carboxylic acids is 1. The van der Waals surface area contributed by atoms with E-state index in [1.807, 2.05) is 18.2 Å². The summed E-state index contributed by atoms with van der Waals surface area (Å²) in [5.41, 5.74) is 2.16. The molecule has 94 valence electrons. The van der Waals surface area contributed by atoms with Gasteiger partial charge in [-0.15, -0.1) is 12.4 Å². The van der Waals surface area contributed by atoms with Gasteiger partial charge in [-0.3, -0.25) is 4.79 Å². The molecule has 17 heavy (non-hydrogen) atoms. The van der Waals surface area contributed by atoms with Crippen LogP contribution in [0.2, 0.25) is 0 Å². The smallest absolute Gasteiger partial charge is 0.228 e. The zero-order chi connectivity index (χ0) is 11.4. The summed E-state index contributed by atoms with van der Waals surface area (Å²) in [6.45, 7) is 3.86. The highest BCUT2D eigenvalue weighted by atomic mass is 35.5. The second kappa shape index (κ2) is 6.62. The fourth-order valence-corrected chi connectivity index (χ4v) is 2.06. The van der Waals surface area contributed by atoms with Crippen molar-refractivity contribution in [3.63, 3.8) is 0 Å². The molecule has 2 N–H and O–H groups in total. The van der Waals surface area contributed by atoms with Crippen LogP contribution in [0.3, 0.4) is 0 Å². The van der Waals surface area contributed by atoms with Gasteiger partial charge in [0, 0.05) is 12.2 Å². The molecule has 3 nitrogen and oxygen atoms in total. The fourth-order valence-electron chi connectivity index (χ4n) is 2.06. The Balaban J connectivity index is 0.00000144. The van der Waals surface area contributed by atoms with Crippen LogP contribution >= 0.6 is 12.4 Å². The SMILES string of the molecule is CCc1ccccc1NC(=O)C1CCNC1.Cl. The van der Waals surface area contributed by atoms with Gasteiger partial charge < -0.3 is 10.6 Å².